The van der Waals surface area contributed by atoms with Crippen molar-refractivity contribution in [3.63, 3.8) is 0 Å². The van der Waals surface area contributed by atoms with Gasteiger partial charge in [0, 0.05) is 6.61 Å². The van der Waals surface area contributed by atoms with Crippen LogP contribution in [-0.2, 0) is 16.1 Å². The molecular formula is C28H51NO2. The van der Waals surface area contributed by atoms with Gasteiger partial charge in [0.25, 0.3) is 0 Å². The number of hydrogen-bond acceptors (Lipinski definition) is 3. The van der Waals surface area contributed by atoms with Gasteiger partial charge in [-0.1, -0.05) is 134 Å². The number of nitrogens with two attached hydrogens (primary N) is 1. The molecule has 0 radical (unpaired) electrons. The number of hydrogen-bond donors (Lipinski definition) is 1. The Labute approximate surface area is 193 Å². The number of unbranched alkanes of at least 4 members (excludes halogenated alkanes) is 15. The molecule has 3 heteroatoms. The second kappa shape index (κ2) is 22.3. The molecule has 0 aromatic heterocycles. The summed E-state index contributed by atoms with van der Waals surface area (Å²) in [4.78, 5) is 0. The van der Waals surface area contributed by atoms with Gasteiger partial charge < -0.3 is 15.2 Å². The topological polar surface area (TPSA) is 44.5 Å². The van der Waals surface area contributed by atoms with Crippen molar-refractivity contribution in [1.82, 2.24) is 0 Å². The van der Waals surface area contributed by atoms with Crippen LogP contribution in [0.5, 0.6) is 0 Å². The van der Waals surface area contributed by atoms with Crippen LogP contribution in [0.3, 0.4) is 0 Å². The number of benzene rings is 1. The van der Waals surface area contributed by atoms with Gasteiger partial charge in [-0.15, -0.1) is 0 Å². The van der Waals surface area contributed by atoms with Crippen LogP contribution in [-0.4, -0.2) is 25.9 Å². The fraction of sp³-hybridized carbons (Fsp3) is 0.786. The van der Waals surface area contributed by atoms with E-state index in [1.807, 2.05) is 18.2 Å². The van der Waals surface area contributed by atoms with E-state index in [4.69, 9.17) is 15.2 Å². The lowest BCUT2D eigenvalue weighted by Crippen LogP contribution is -2.31. The zero-order valence-electron chi connectivity index (χ0n) is 20.5. The van der Waals surface area contributed by atoms with E-state index in [1.54, 1.807) is 0 Å². The second-order valence-electron chi connectivity index (χ2n) is 9.14. The Morgan fingerprint density at radius 3 is 1.58 bits per heavy atom. The Morgan fingerprint density at radius 1 is 0.613 bits per heavy atom. The van der Waals surface area contributed by atoms with Gasteiger partial charge >= 0.3 is 0 Å². The Morgan fingerprint density at radius 2 is 1.06 bits per heavy atom. The predicted octanol–water partition coefficient (Wildman–Crippen LogP) is 7.81. The van der Waals surface area contributed by atoms with Crippen molar-refractivity contribution in [1.29, 1.82) is 0 Å². The van der Waals surface area contributed by atoms with E-state index in [1.165, 1.54) is 102 Å². The van der Waals surface area contributed by atoms with Gasteiger partial charge in [-0.25, -0.2) is 0 Å². The van der Waals surface area contributed by atoms with Crippen LogP contribution in [0, 0.1) is 0 Å². The Kier molecular flexibility index (Phi) is 20.2. The quantitative estimate of drug-likeness (QED) is 0.179. The summed E-state index contributed by atoms with van der Waals surface area (Å²) in [7, 11) is 0. The maximum absolute atomic E-state index is 6.06. The highest BCUT2D eigenvalue weighted by atomic mass is 16.5. The van der Waals surface area contributed by atoms with Gasteiger partial charge in [0.2, 0.25) is 0 Å². The molecule has 2 N–H and O–H groups in total. The van der Waals surface area contributed by atoms with Crippen molar-refractivity contribution < 1.29 is 9.47 Å². The predicted molar refractivity (Wildman–Crippen MR) is 134 cm³/mol. The summed E-state index contributed by atoms with van der Waals surface area (Å²) in [6.45, 7) is 4.87. The molecule has 3 nitrogen and oxygen atoms in total. The summed E-state index contributed by atoms with van der Waals surface area (Å²) < 4.78 is 11.4. The molecule has 1 rings (SSSR count). The van der Waals surface area contributed by atoms with Crippen LogP contribution in [0.2, 0.25) is 0 Å². The van der Waals surface area contributed by atoms with E-state index in [9.17, 15) is 0 Å². The van der Waals surface area contributed by atoms with Crippen molar-refractivity contribution in [3.05, 3.63) is 35.9 Å². The maximum atomic E-state index is 6.06. The summed E-state index contributed by atoms with van der Waals surface area (Å²) in [6, 6.07) is 10.2. The molecule has 0 heterocycles. The summed E-state index contributed by atoms with van der Waals surface area (Å²) in [5, 5.41) is 0. The second-order valence-corrected chi connectivity index (χ2v) is 9.14. The first-order valence-corrected chi connectivity index (χ1v) is 13.3. The number of rotatable bonds is 23. The van der Waals surface area contributed by atoms with Crippen LogP contribution < -0.4 is 5.73 Å². The van der Waals surface area contributed by atoms with Crippen molar-refractivity contribution >= 4 is 0 Å². The molecule has 0 fully saturated rings. The fourth-order valence-corrected chi connectivity index (χ4v) is 3.94. The van der Waals surface area contributed by atoms with Gasteiger partial charge in [-0.05, 0) is 12.0 Å². The van der Waals surface area contributed by atoms with Crippen LogP contribution in [0.4, 0.5) is 0 Å². The molecule has 1 aromatic carbocycles. The average molecular weight is 434 g/mol. The molecule has 0 saturated heterocycles. The Hall–Kier alpha value is -0.900. The SMILES string of the molecule is CCCCCCCCCCCCCCCCCCOCC(N)COCc1ccccc1. The summed E-state index contributed by atoms with van der Waals surface area (Å²) in [6.07, 6.45) is 22.3. The molecule has 1 aromatic rings. The molecule has 31 heavy (non-hydrogen) atoms. The smallest absolute Gasteiger partial charge is 0.0717 e. The third-order valence-corrected chi connectivity index (χ3v) is 5.92. The molecule has 0 aliphatic rings. The monoisotopic (exact) mass is 433 g/mol. The first kappa shape index (κ1) is 28.1. The third kappa shape index (κ3) is 19.5. The van der Waals surface area contributed by atoms with Gasteiger partial charge in [0.1, 0.15) is 0 Å². The van der Waals surface area contributed by atoms with Crippen LogP contribution >= 0.6 is 0 Å². The fourth-order valence-electron chi connectivity index (χ4n) is 3.94. The molecule has 0 amide bonds. The highest BCUT2D eigenvalue weighted by Gasteiger charge is 2.03. The zero-order chi connectivity index (χ0) is 22.2. The van der Waals surface area contributed by atoms with Crippen molar-refractivity contribution in [2.24, 2.45) is 5.73 Å². The minimum absolute atomic E-state index is 0.0372. The van der Waals surface area contributed by atoms with E-state index < -0.39 is 0 Å². The molecule has 0 spiro atoms. The molecule has 0 aliphatic heterocycles. The van der Waals surface area contributed by atoms with E-state index in [-0.39, 0.29) is 6.04 Å². The Bertz CT molecular complexity index is 465. The summed E-state index contributed by atoms with van der Waals surface area (Å²) >= 11 is 0. The summed E-state index contributed by atoms with van der Waals surface area (Å²) in [5.41, 5.74) is 7.24. The van der Waals surface area contributed by atoms with Gasteiger partial charge in [0.05, 0.1) is 25.9 Å². The minimum Gasteiger partial charge on any atom is -0.380 e. The standard InChI is InChI=1S/C28H51NO2/c1-2-3-4-5-6-7-8-9-10-11-12-13-14-15-16-20-23-30-25-28(29)26-31-24-27-21-18-17-19-22-27/h17-19,21-22,28H,2-16,20,23-26,29H2,1H3. The average Bonchev–Trinajstić information content (AvgIpc) is 2.79. The summed E-state index contributed by atoms with van der Waals surface area (Å²) in [5.74, 6) is 0. The zero-order valence-corrected chi connectivity index (χ0v) is 20.5. The first-order valence-electron chi connectivity index (χ1n) is 13.3. The molecule has 0 aliphatic carbocycles. The molecule has 1 unspecified atom stereocenters. The van der Waals surface area contributed by atoms with Gasteiger partial charge in [-0.3, -0.25) is 0 Å². The highest BCUT2D eigenvalue weighted by Crippen LogP contribution is 2.13. The van der Waals surface area contributed by atoms with Gasteiger partial charge in [0.15, 0.2) is 0 Å². The lowest BCUT2D eigenvalue weighted by molar-refractivity contribution is 0.0594. The highest BCUT2D eigenvalue weighted by molar-refractivity contribution is 5.13. The lowest BCUT2D eigenvalue weighted by Gasteiger charge is -2.13. The van der Waals surface area contributed by atoms with Gasteiger partial charge in [-0.2, -0.15) is 0 Å². The van der Waals surface area contributed by atoms with Crippen LogP contribution in [0.15, 0.2) is 30.3 Å². The molecule has 0 saturated carbocycles. The molecule has 180 valence electrons. The van der Waals surface area contributed by atoms with E-state index in [0.717, 1.165) is 13.0 Å². The number of ether oxygens (including phenoxy) is 2. The molecule has 1 atom stereocenters. The van der Waals surface area contributed by atoms with E-state index >= 15 is 0 Å². The third-order valence-electron chi connectivity index (χ3n) is 5.92. The van der Waals surface area contributed by atoms with Crippen molar-refractivity contribution in [3.8, 4) is 0 Å². The van der Waals surface area contributed by atoms with Crippen LogP contribution in [0.25, 0.3) is 0 Å². The first-order chi connectivity index (χ1) is 15.3. The van der Waals surface area contributed by atoms with E-state index in [0.29, 0.717) is 19.8 Å². The lowest BCUT2D eigenvalue weighted by atomic mass is 10.0. The molecular weight excluding hydrogens is 382 g/mol. The minimum atomic E-state index is -0.0372. The van der Waals surface area contributed by atoms with Crippen molar-refractivity contribution in [2.75, 3.05) is 19.8 Å². The maximum Gasteiger partial charge on any atom is 0.0717 e. The van der Waals surface area contributed by atoms with Crippen LogP contribution in [0.1, 0.15) is 115 Å². The largest absolute Gasteiger partial charge is 0.380 e. The van der Waals surface area contributed by atoms with E-state index in [2.05, 4.69) is 19.1 Å². The Balaban J connectivity index is 1.72. The molecule has 0 bridgehead atoms. The van der Waals surface area contributed by atoms with Crippen molar-refractivity contribution in [2.45, 2.75) is 122 Å². The normalized spacial score (nSPS) is 12.3.